The number of hydrogen-bond acceptors (Lipinski definition) is 2. The van der Waals surface area contributed by atoms with Gasteiger partial charge in [-0.15, -0.1) is 0 Å². The van der Waals surface area contributed by atoms with E-state index in [0.29, 0.717) is 0 Å². The van der Waals surface area contributed by atoms with Crippen molar-refractivity contribution >= 4 is 5.82 Å². The Balaban J connectivity index is 2.15. The minimum Gasteiger partial charge on any atom is -0.356 e. The molecule has 3 heteroatoms. The Morgan fingerprint density at radius 1 is 1.40 bits per heavy atom. The lowest BCUT2D eigenvalue weighted by Gasteiger charge is -2.32. The first kappa shape index (κ1) is 10.4. The number of pyridine rings is 1. The number of nitrogens with zero attached hydrogens (tertiary/aromatic N) is 2. The van der Waals surface area contributed by atoms with Crippen LogP contribution in [-0.4, -0.2) is 18.1 Å². The van der Waals surface area contributed by atoms with E-state index in [2.05, 4.69) is 16.8 Å². The van der Waals surface area contributed by atoms with Gasteiger partial charge in [-0.2, -0.15) is 0 Å². The first-order valence-electron chi connectivity index (χ1n) is 5.54. The molecule has 0 atom stereocenters. The maximum absolute atomic E-state index is 12.9. The first-order valence-corrected chi connectivity index (χ1v) is 5.54. The standard InChI is InChI=1S/C12H17FN2/c1-9-3-5-15(6-4-9)12-10(2)7-11(13)8-14-12/h7-9H,3-6H2,1-2H3. The zero-order chi connectivity index (χ0) is 10.8. The highest BCUT2D eigenvalue weighted by Gasteiger charge is 2.18. The second-order valence-corrected chi connectivity index (χ2v) is 4.46. The minimum atomic E-state index is -0.248. The summed E-state index contributed by atoms with van der Waals surface area (Å²) < 4.78 is 12.9. The Hall–Kier alpha value is -1.12. The van der Waals surface area contributed by atoms with Gasteiger partial charge in [-0.25, -0.2) is 9.37 Å². The van der Waals surface area contributed by atoms with Gasteiger partial charge in [-0.1, -0.05) is 6.92 Å². The highest BCUT2D eigenvalue weighted by Crippen LogP contribution is 2.23. The Morgan fingerprint density at radius 2 is 2.07 bits per heavy atom. The summed E-state index contributed by atoms with van der Waals surface area (Å²) in [5, 5.41) is 0. The van der Waals surface area contributed by atoms with E-state index in [1.807, 2.05) is 6.92 Å². The fourth-order valence-electron chi connectivity index (χ4n) is 2.08. The van der Waals surface area contributed by atoms with Gasteiger partial charge >= 0.3 is 0 Å². The monoisotopic (exact) mass is 208 g/mol. The summed E-state index contributed by atoms with van der Waals surface area (Å²) in [5.41, 5.74) is 0.935. The lowest BCUT2D eigenvalue weighted by molar-refractivity contribution is 0.436. The third-order valence-electron chi connectivity index (χ3n) is 3.10. The van der Waals surface area contributed by atoms with Crippen LogP contribution in [0, 0.1) is 18.7 Å². The van der Waals surface area contributed by atoms with E-state index in [4.69, 9.17) is 0 Å². The quantitative estimate of drug-likeness (QED) is 0.705. The summed E-state index contributed by atoms with van der Waals surface area (Å²) in [6.07, 6.45) is 3.72. The second-order valence-electron chi connectivity index (χ2n) is 4.46. The highest BCUT2D eigenvalue weighted by molar-refractivity contribution is 5.46. The molecule has 0 radical (unpaired) electrons. The number of aryl methyl sites for hydroxylation is 1. The summed E-state index contributed by atoms with van der Waals surface area (Å²) in [6, 6.07) is 1.56. The summed E-state index contributed by atoms with van der Waals surface area (Å²) in [4.78, 5) is 6.44. The van der Waals surface area contributed by atoms with Crippen molar-refractivity contribution in [3.63, 3.8) is 0 Å². The third-order valence-corrected chi connectivity index (χ3v) is 3.10. The molecule has 82 valence electrons. The smallest absolute Gasteiger partial charge is 0.141 e. The van der Waals surface area contributed by atoms with Crippen LogP contribution in [0.5, 0.6) is 0 Å². The molecule has 2 rings (SSSR count). The van der Waals surface area contributed by atoms with Gasteiger partial charge in [0.15, 0.2) is 0 Å². The Morgan fingerprint density at radius 3 is 2.67 bits per heavy atom. The molecular weight excluding hydrogens is 191 g/mol. The van der Waals surface area contributed by atoms with Crippen LogP contribution in [0.25, 0.3) is 0 Å². The summed E-state index contributed by atoms with van der Waals surface area (Å²) in [5.74, 6) is 1.51. The van der Waals surface area contributed by atoms with Gasteiger partial charge in [-0.05, 0) is 37.3 Å². The van der Waals surface area contributed by atoms with Gasteiger partial charge in [0.05, 0.1) is 6.20 Å². The maximum atomic E-state index is 12.9. The molecule has 1 fully saturated rings. The van der Waals surface area contributed by atoms with Crippen LogP contribution in [0.4, 0.5) is 10.2 Å². The number of halogens is 1. The van der Waals surface area contributed by atoms with Crippen LogP contribution in [0.2, 0.25) is 0 Å². The molecule has 2 nitrogen and oxygen atoms in total. The molecule has 0 amide bonds. The largest absolute Gasteiger partial charge is 0.356 e. The molecule has 0 bridgehead atoms. The van der Waals surface area contributed by atoms with E-state index < -0.39 is 0 Å². The normalized spacial score (nSPS) is 18.2. The molecule has 0 spiro atoms. The molecule has 0 aliphatic carbocycles. The van der Waals surface area contributed by atoms with Gasteiger partial charge < -0.3 is 4.90 Å². The van der Waals surface area contributed by atoms with Crippen LogP contribution in [-0.2, 0) is 0 Å². The van der Waals surface area contributed by atoms with Crippen molar-refractivity contribution in [3.8, 4) is 0 Å². The average molecular weight is 208 g/mol. The van der Waals surface area contributed by atoms with Crippen molar-refractivity contribution in [2.45, 2.75) is 26.7 Å². The van der Waals surface area contributed by atoms with Crippen molar-refractivity contribution in [1.29, 1.82) is 0 Å². The van der Waals surface area contributed by atoms with Gasteiger partial charge in [0.25, 0.3) is 0 Å². The molecule has 0 unspecified atom stereocenters. The Kier molecular flexibility index (Phi) is 2.89. The fourth-order valence-corrected chi connectivity index (χ4v) is 2.08. The van der Waals surface area contributed by atoms with E-state index in [1.165, 1.54) is 19.0 Å². The van der Waals surface area contributed by atoms with Crippen LogP contribution in [0.3, 0.4) is 0 Å². The van der Waals surface area contributed by atoms with Crippen molar-refractivity contribution in [3.05, 3.63) is 23.6 Å². The number of anilines is 1. The highest BCUT2D eigenvalue weighted by atomic mass is 19.1. The molecule has 2 heterocycles. The lowest BCUT2D eigenvalue weighted by Crippen LogP contribution is -2.33. The number of aromatic nitrogens is 1. The molecule has 0 saturated carbocycles. The van der Waals surface area contributed by atoms with E-state index in [9.17, 15) is 4.39 Å². The van der Waals surface area contributed by atoms with Crippen LogP contribution >= 0.6 is 0 Å². The fraction of sp³-hybridized carbons (Fsp3) is 0.583. The summed E-state index contributed by atoms with van der Waals surface area (Å²) in [7, 11) is 0. The van der Waals surface area contributed by atoms with Gasteiger partial charge in [0.1, 0.15) is 11.6 Å². The third kappa shape index (κ3) is 2.28. The lowest BCUT2D eigenvalue weighted by atomic mass is 9.99. The SMILES string of the molecule is Cc1cc(F)cnc1N1CCC(C)CC1. The molecule has 1 aromatic rings. The number of rotatable bonds is 1. The first-order chi connectivity index (χ1) is 7.16. The van der Waals surface area contributed by atoms with Crippen molar-refractivity contribution in [2.75, 3.05) is 18.0 Å². The molecule has 1 aromatic heterocycles. The molecule has 15 heavy (non-hydrogen) atoms. The minimum absolute atomic E-state index is 0.248. The molecular formula is C12H17FN2. The zero-order valence-corrected chi connectivity index (χ0v) is 9.33. The molecule has 0 aromatic carbocycles. The number of piperidine rings is 1. The second kappa shape index (κ2) is 4.17. The van der Waals surface area contributed by atoms with E-state index in [1.54, 1.807) is 6.07 Å². The summed E-state index contributed by atoms with van der Waals surface area (Å²) in [6.45, 7) is 6.28. The van der Waals surface area contributed by atoms with Crippen LogP contribution < -0.4 is 4.90 Å². The molecule has 1 aliphatic heterocycles. The predicted octanol–water partition coefficient (Wildman–Crippen LogP) is 2.77. The van der Waals surface area contributed by atoms with E-state index in [-0.39, 0.29) is 5.82 Å². The van der Waals surface area contributed by atoms with Gasteiger partial charge in [0, 0.05) is 13.1 Å². The topological polar surface area (TPSA) is 16.1 Å². The van der Waals surface area contributed by atoms with Gasteiger partial charge in [-0.3, -0.25) is 0 Å². The van der Waals surface area contributed by atoms with Crippen molar-refractivity contribution in [2.24, 2.45) is 5.92 Å². The predicted molar refractivity (Wildman–Crippen MR) is 59.5 cm³/mol. The maximum Gasteiger partial charge on any atom is 0.141 e. The van der Waals surface area contributed by atoms with Crippen LogP contribution in [0.1, 0.15) is 25.3 Å². The van der Waals surface area contributed by atoms with Gasteiger partial charge in [0.2, 0.25) is 0 Å². The van der Waals surface area contributed by atoms with Crippen molar-refractivity contribution < 1.29 is 4.39 Å². The van der Waals surface area contributed by atoms with Crippen molar-refractivity contribution in [1.82, 2.24) is 4.98 Å². The zero-order valence-electron chi connectivity index (χ0n) is 9.33. The van der Waals surface area contributed by atoms with E-state index in [0.717, 1.165) is 30.4 Å². The summed E-state index contributed by atoms with van der Waals surface area (Å²) >= 11 is 0. The molecule has 1 aliphatic rings. The van der Waals surface area contributed by atoms with Crippen LogP contribution in [0.15, 0.2) is 12.3 Å². The number of hydrogen-bond donors (Lipinski definition) is 0. The average Bonchev–Trinajstić information content (AvgIpc) is 2.20. The van der Waals surface area contributed by atoms with E-state index >= 15 is 0 Å². The molecule has 0 N–H and O–H groups in total. The Labute approximate surface area is 90.1 Å². The Bertz CT molecular complexity index is 343. The molecule has 1 saturated heterocycles.